The number of para-hydroxylation sites is 1. The van der Waals surface area contributed by atoms with Crippen molar-refractivity contribution in [3.8, 4) is 5.69 Å². The van der Waals surface area contributed by atoms with E-state index in [1.54, 1.807) is 23.7 Å². The van der Waals surface area contributed by atoms with Gasteiger partial charge in [0.25, 0.3) is 5.91 Å². The Balaban J connectivity index is 1.69. The highest BCUT2D eigenvalue weighted by Gasteiger charge is 2.50. The van der Waals surface area contributed by atoms with Gasteiger partial charge in [-0.25, -0.2) is 4.79 Å². The molecule has 3 aromatic rings. The lowest BCUT2D eigenvalue weighted by molar-refractivity contribution is -0.131. The van der Waals surface area contributed by atoms with Crippen molar-refractivity contribution < 1.29 is 9.59 Å². The summed E-state index contributed by atoms with van der Waals surface area (Å²) in [5.74, 6) is -0.0878. The van der Waals surface area contributed by atoms with Crippen LogP contribution in [0.5, 0.6) is 0 Å². The molecular weight excluding hydrogens is 427 g/mol. The molecule has 1 aliphatic rings. The van der Waals surface area contributed by atoms with Gasteiger partial charge in [-0.05, 0) is 54.5 Å². The molecule has 1 fully saturated rings. The number of carbonyl (C=O) groups is 2. The SMILES string of the molecule is Cc1cccc(C)c1-n1nnnc1CN1C(=O)NC(C)(c2ccc(Cl)cc2Cl)C1=O. The summed E-state index contributed by atoms with van der Waals surface area (Å²) in [7, 11) is 0. The summed E-state index contributed by atoms with van der Waals surface area (Å²) < 4.78 is 1.55. The fourth-order valence-electron chi connectivity index (χ4n) is 3.68. The molecule has 1 atom stereocenters. The van der Waals surface area contributed by atoms with Crippen LogP contribution < -0.4 is 5.32 Å². The number of halogens is 2. The van der Waals surface area contributed by atoms with Gasteiger partial charge in [-0.1, -0.05) is 47.5 Å². The zero-order chi connectivity index (χ0) is 21.6. The number of carbonyl (C=O) groups excluding carboxylic acids is 2. The van der Waals surface area contributed by atoms with Crippen LogP contribution in [0, 0.1) is 13.8 Å². The van der Waals surface area contributed by atoms with Crippen LogP contribution in [0.15, 0.2) is 36.4 Å². The summed E-state index contributed by atoms with van der Waals surface area (Å²) in [6, 6.07) is 10.1. The van der Waals surface area contributed by atoms with Crippen molar-refractivity contribution in [3.05, 3.63) is 69.0 Å². The maximum atomic E-state index is 13.3. The Bertz CT molecular complexity index is 1160. The van der Waals surface area contributed by atoms with Crippen molar-refractivity contribution in [2.45, 2.75) is 32.9 Å². The maximum Gasteiger partial charge on any atom is 0.325 e. The van der Waals surface area contributed by atoms with Gasteiger partial charge in [-0.2, -0.15) is 4.68 Å². The second-order valence-electron chi connectivity index (χ2n) is 7.32. The minimum atomic E-state index is -1.32. The second-order valence-corrected chi connectivity index (χ2v) is 8.16. The van der Waals surface area contributed by atoms with Gasteiger partial charge in [0.05, 0.1) is 12.2 Å². The zero-order valence-corrected chi connectivity index (χ0v) is 18.0. The number of amides is 3. The minimum absolute atomic E-state index is 0.0910. The summed E-state index contributed by atoms with van der Waals surface area (Å²) in [6.07, 6.45) is 0. The van der Waals surface area contributed by atoms with Crippen molar-refractivity contribution in [2.75, 3.05) is 0 Å². The molecule has 2 heterocycles. The quantitative estimate of drug-likeness (QED) is 0.620. The number of imide groups is 1. The van der Waals surface area contributed by atoms with E-state index in [1.807, 2.05) is 32.0 Å². The molecule has 10 heteroatoms. The number of rotatable bonds is 4. The fraction of sp³-hybridized carbons (Fsp3) is 0.250. The fourth-order valence-corrected chi connectivity index (χ4v) is 4.27. The molecule has 0 spiro atoms. The van der Waals surface area contributed by atoms with Crippen LogP contribution in [-0.2, 0) is 16.9 Å². The lowest BCUT2D eigenvalue weighted by Gasteiger charge is -2.23. The van der Waals surface area contributed by atoms with Gasteiger partial charge in [0, 0.05) is 15.6 Å². The van der Waals surface area contributed by atoms with Crippen molar-refractivity contribution >= 4 is 35.1 Å². The van der Waals surface area contributed by atoms with E-state index >= 15 is 0 Å². The monoisotopic (exact) mass is 444 g/mol. The summed E-state index contributed by atoms with van der Waals surface area (Å²) in [5, 5.41) is 15.3. The molecule has 1 aliphatic heterocycles. The van der Waals surface area contributed by atoms with Crippen LogP contribution in [0.3, 0.4) is 0 Å². The molecule has 0 aliphatic carbocycles. The number of tetrazole rings is 1. The lowest BCUT2D eigenvalue weighted by atomic mass is 9.92. The third-order valence-corrected chi connectivity index (χ3v) is 5.78. The molecule has 8 nitrogen and oxygen atoms in total. The molecular formula is C20H18Cl2N6O2. The van der Waals surface area contributed by atoms with Gasteiger partial charge < -0.3 is 5.32 Å². The van der Waals surface area contributed by atoms with Crippen molar-refractivity contribution in [1.82, 2.24) is 30.4 Å². The zero-order valence-electron chi connectivity index (χ0n) is 16.5. The molecule has 2 aromatic carbocycles. The Labute approximate surface area is 182 Å². The highest BCUT2D eigenvalue weighted by atomic mass is 35.5. The summed E-state index contributed by atoms with van der Waals surface area (Å²) in [4.78, 5) is 27.0. The Hall–Kier alpha value is -2.97. The Kier molecular flexibility index (Phi) is 4.99. The highest BCUT2D eigenvalue weighted by Crippen LogP contribution is 2.35. The normalized spacial score (nSPS) is 18.8. The van der Waals surface area contributed by atoms with Crippen molar-refractivity contribution in [2.24, 2.45) is 0 Å². The van der Waals surface area contributed by atoms with E-state index in [4.69, 9.17) is 23.2 Å². The van der Waals surface area contributed by atoms with Crippen LogP contribution in [-0.4, -0.2) is 37.0 Å². The lowest BCUT2D eigenvalue weighted by Crippen LogP contribution is -2.41. The minimum Gasteiger partial charge on any atom is -0.319 e. The molecule has 1 unspecified atom stereocenters. The number of hydrogen-bond donors (Lipinski definition) is 1. The number of nitrogens with one attached hydrogen (secondary N) is 1. The van der Waals surface area contributed by atoms with E-state index in [0.717, 1.165) is 21.7 Å². The van der Waals surface area contributed by atoms with Crippen LogP contribution in [0.25, 0.3) is 5.69 Å². The summed E-state index contributed by atoms with van der Waals surface area (Å²) >= 11 is 12.3. The van der Waals surface area contributed by atoms with Crippen molar-refractivity contribution in [1.29, 1.82) is 0 Å². The molecule has 0 radical (unpaired) electrons. The molecule has 1 aromatic heterocycles. The van der Waals surface area contributed by atoms with Gasteiger partial charge in [-0.15, -0.1) is 5.10 Å². The Morgan fingerprint density at radius 1 is 1.10 bits per heavy atom. The van der Waals surface area contributed by atoms with Crippen LogP contribution in [0.1, 0.15) is 29.4 Å². The molecule has 1 saturated heterocycles. The molecule has 154 valence electrons. The number of benzene rings is 2. The average Bonchev–Trinajstić information content (AvgIpc) is 3.20. The smallest absolute Gasteiger partial charge is 0.319 e. The number of urea groups is 1. The van der Waals surface area contributed by atoms with Gasteiger partial charge in [0.1, 0.15) is 5.54 Å². The van der Waals surface area contributed by atoms with E-state index in [2.05, 4.69) is 20.8 Å². The van der Waals surface area contributed by atoms with E-state index in [0.29, 0.717) is 21.4 Å². The van der Waals surface area contributed by atoms with E-state index in [-0.39, 0.29) is 6.54 Å². The number of aromatic nitrogens is 4. The number of hydrogen-bond acceptors (Lipinski definition) is 5. The van der Waals surface area contributed by atoms with Crippen LogP contribution in [0.2, 0.25) is 10.0 Å². The Morgan fingerprint density at radius 3 is 2.47 bits per heavy atom. The first-order valence-electron chi connectivity index (χ1n) is 9.16. The topological polar surface area (TPSA) is 93.0 Å². The Morgan fingerprint density at radius 2 is 1.80 bits per heavy atom. The van der Waals surface area contributed by atoms with Gasteiger partial charge >= 0.3 is 6.03 Å². The van der Waals surface area contributed by atoms with Gasteiger partial charge in [-0.3, -0.25) is 9.69 Å². The van der Waals surface area contributed by atoms with Crippen molar-refractivity contribution in [3.63, 3.8) is 0 Å². The largest absolute Gasteiger partial charge is 0.325 e. The first kappa shape index (κ1) is 20.3. The molecule has 3 amide bonds. The first-order valence-corrected chi connectivity index (χ1v) is 9.91. The highest BCUT2D eigenvalue weighted by molar-refractivity contribution is 6.35. The number of aryl methyl sites for hydroxylation is 2. The molecule has 0 bridgehead atoms. The van der Waals surface area contributed by atoms with E-state index < -0.39 is 17.5 Å². The van der Waals surface area contributed by atoms with Crippen LogP contribution in [0.4, 0.5) is 4.79 Å². The molecule has 0 saturated carbocycles. The summed E-state index contributed by atoms with van der Waals surface area (Å²) in [6.45, 7) is 5.41. The predicted molar refractivity (Wildman–Crippen MR) is 112 cm³/mol. The van der Waals surface area contributed by atoms with Crippen LogP contribution >= 0.6 is 23.2 Å². The second kappa shape index (κ2) is 7.37. The van der Waals surface area contributed by atoms with Gasteiger partial charge in [0.2, 0.25) is 0 Å². The predicted octanol–water partition coefficient (Wildman–Crippen LogP) is 3.55. The first-order chi connectivity index (χ1) is 14.2. The molecule has 4 rings (SSSR count). The van der Waals surface area contributed by atoms with E-state index in [1.165, 1.54) is 6.07 Å². The standard InChI is InChI=1S/C20H18Cl2N6O2/c1-11-5-4-6-12(2)17(11)28-16(24-25-26-28)10-27-18(29)20(3,23-19(27)30)14-8-7-13(21)9-15(14)22/h4-9H,10H2,1-3H3,(H,23,30). The van der Waals surface area contributed by atoms with Gasteiger partial charge in [0.15, 0.2) is 5.82 Å². The third-order valence-electron chi connectivity index (χ3n) is 5.23. The molecule has 1 N–H and O–H groups in total. The third kappa shape index (κ3) is 3.22. The summed E-state index contributed by atoms with van der Waals surface area (Å²) in [5.41, 5.74) is 1.89. The van der Waals surface area contributed by atoms with E-state index in [9.17, 15) is 9.59 Å². The molecule has 30 heavy (non-hydrogen) atoms. The maximum absolute atomic E-state index is 13.3. The number of nitrogens with zero attached hydrogens (tertiary/aromatic N) is 5. The average molecular weight is 445 g/mol.